The Morgan fingerprint density at radius 1 is 0.282 bits per heavy atom. The lowest BCUT2D eigenvalue weighted by Crippen LogP contribution is -2.45. The molecular formula is C79H157NO5. The zero-order chi connectivity index (χ0) is 61.3. The third kappa shape index (κ3) is 71.8. The Bertz CT molecular complexity index is 1240. The van der Waals surface area contributed by atoms with Crippen molar-refractivity contribution in [2.75, 3.05) is 13.2 Å². The smallest absolute Gasteiger partial charge is 0.305 e. The summed E-state index contributed by atoms with van der Waals surface area (Å²) in [5.74, 6) is 0.00309. The van der Waals surface area contributed by atoms with Gasteiger partial charge in [-0.15, -0.1) is 0 Å². The number of aliphatic hydroxyl groups is 2. The summed E-state index contributed by atoms with van der Waals surface area (Å²) in [6, 6.07) is -0.536. The molecule has 0 bridgehead atoms. The van der Waals surface area contributed by atoms with Gasteiger partial charge in [-0.05, 0) is 25.7 Å². The molecule has 0 spiro atoms. The molecule has 0 aromatic heterocycles. The monoisotopic (exact) mass is 1200 g/mol. The third-order valence-corrected chi connectivity index (χ3v) is 19.2. The van der Waals surface area contributed by atoms with Crippen LogP contribution in [0, 0.1) is 0 Å². The maximum Gasteiger partial charge on any atom is 0.305 e. The van der Waals surface area contributed by atoms with Crippen molar-refractivity contribution in [3.8, 4) is 0 Å². The molecule has 2 atom stereocenters. The zero-order valence-corrected chi connectivity index (χ0v) is 58.4. The van der Waals surface area contributed by atoms with Crippen LogP contribution in [-0.4, -0.2) is 47.4 Å². The van der Waals surface area contributed by atoms with Gasteiger partial charge in [0.15, 0.2) is 0 Å². The van der Waals surface area contributed by atoms with E-state index in [4.69, 9.17) is 4.74 Å². The molecular weight excluding hydrogens is 1040 g/mol. The predicted octanol–water partition coefficient (Wildman–Crippen LogP) is 26.1. The highest BCUT2D eigenvalue weighted by molar-refractivity contribution is 5.76. The van der Waals surface area contributed by atoms with E-state index in [1.54, 1.807) is 0 Å². The molecule has 0 aliphatic carbocycles. The summed E-state index contributed by atoms with van der Waals surface area (Å²) in [6.07, 6.45) is 93.5. The number of esters is 1. The van der Waals surface area contributed by atoms with Gasteiger partial charge in [-0.1, -0.05) is 431 Å². The molecule has 6 nitrogen and oxygen atoms in total. The van der Waals surface area contributed by atoms with Gasteiger partial charge in [-0.2, -0.15) is 0 Å². The molecule has 508 valence electrons. The van der Waals surface area contributed by atoms with Crippen LogP contribution in [0.3, 0.4) is 0 Å². The molecule has 0 radical (unpaired) electrons. The largest absolute Gasteiger partial charge is 0.466 e. The number of nitrogens with one attached hydrogen (secondary N) is 1. The van der Waals surface area contributed by atoms with E-state index in [0.29, 0.717) is 25.9 Å². The highest BCUT2D eigenvalue weighted by Crippen LogP contribution is 2.21. The molecule has 0 aromatic carbocycles. The second kappa shape index (κ2) is 75.3. The maximum atomic E-state index is 12.5. The summed E-state index contributed by atoms with van der Waals surface area (Å²) < 4.78 is 5.51. The van der Waals surface area contributed by atoms with E-state index in [-0.39, 0.29) is 18.5 Å². The van der Waals surface area contributed by atoms with Gasteiger partial charge >= 0.3 is 5.97 Å². The number of unbranched alkanes of at least 4 members (excludes halogenated alkanes) is 65. The molecule has 0 aromatic rings. The quantitative estimate of drug-likeness (QED) is 0.0417. The van der Waals surface area contributed by atoms with Crippen molar-refractivity contribution in [2.24, 2.45) is 0 Å². The Balaban J connectivity index is 3.28. The highest BCUT2D eigenvalue weighted by Gasteiger charge is 2.20. The first-order valence-electron chi connectivity index (χ1n) is 39.8. The standard InChI is InChI=1S/C79H157NO5/c1-3-5-7-9-11-13-15-17-19-44-47-51-55-59-63-67-71-77(82)76(75-81)80-78(83)72-68-64-60-56-52-48-45-41-39-37-35-33-31-29-27-25-23-21-20-22-24-26-28-30-32-34-36-38-40-42-46-50-54-58-62-66-70-74-85-79(84)73-69-65-61-57-53-49-43-18-16-14-12-10-8-6-4-2/h76-77,81-82H,3-75H2,1-2H3,(H,80,83). The van der Waals surface area contributed by atoms with E-state index in [9.17, 15) is 19.8 Å². The number of amides is 1. The fraction of sp³-hybridized carbons (Fsp3) is 0.975. The van der Waals surface area contributed by atoms with Crippen LogP contribution >= 0.6 is 0 Å². The summed E-state index contributed by atoms with van der Waals surface area (Å²) in [5.41, 5.74) is 0. The van der Waals surface area contributed by atoms with E-state index in [1.165, 1.54) is 398 Å². The Morgan fingerprint density at radius 2 is 0.482 bits per heavy atom. The Hall–Kier alpha value is -1.14. The van der Waals surface area contributed by atoms with Crippen molar-refractivity contribution in [1.29, 1.82) is 0 Å². The van der Waals surface area contributed by atoms with Crippen molar-refractivity contribution in [1.82, 2.24) is 5.32 Å². The Kier molecular flexibility index (Phi) is 74.3. The van der Waals surface area contributed by atoms with Crippen LogP contribution in [0.25, 0.3) is 0 Å². The lowest BCUT2D eigenvalue weighted by molar-refractivity contribution is -0.143. The molecule has 0 aliphatic heterocycles. The molecule has 0 fully saturated rings. The molecule has 85 heavy (non-hydrogen) atoms. The number of rotatable bonds is 76. The van der Waals surface area contributed by atoms with E-state index >= 15 is 0 Å². The molecule has 3 N–H and O–H groups in total. The first-order valence-corrected chi connectivity index (χ1v) is 39.8. The predicted molar refractivity (Wildman–Crippen MR) is 375 cm³/mol. The van der Waals surface area contributed by atoms with Crippen molar-refractivity contribution in [3.05, 3.63) is 0 Å². The van der Waals surface area contributed by atoms with Gasteiger partial charge in [0.25, 0.3) is 0 Å². The van der Waals surface area contributed by atoms with Crippen molar-refractivity contribution >= 4 is 11.9 Å². The van der Waals surface area contributed by atoms with Crippen LogP contribution in [0.2, 0.25) is 0 Å². The van der Waals surface area contributed by atoms with E-state index in [1.807, 2.05) is 0 Å². The summed E-state index contributed by atoms with van der Waals surface area (Å²) in [6.45, 7) is 5.01. The fourth-order valence-corrected chi connectivity index (χ4v) is 13.1. The fourth-order valence-electron chi connectivity index (χ4n) is 13.1. The first kappa shape index (κ1) is 83.9. The molecule has 2 unspecified atom stereocenters. The van der Waals surface area contributed by atoms with Gasteiger partial charge in [0, 0.05) is 12.8 Å². The number of carbonyl (C=O) groups is 2. The number of ether oxygens (including phenoxy) is 1. The van der Waals surface area contributed by atoms with Crippen LogP contribution < -0.4 is 5.32 Å². The number of hydrogen-bond donors (Lipinski definition) is 3. The molecule has 1 amide bonds. The minimum atomic E-state index is -0.659. The second-order valence-electron chi connectivity index (χ2n) is 27.8. The summed E-state index contributed by atoms with van der Waals surface area (Å²) in [5, 5.41) is 23.4. The highest BCUT2D eigenvalue weighted by atomic mass is 16.5. The average Bonchev–Trinajstić information content (AvgIpc) is 3.51. The van der Waals surface area contributed by atoms with Crippen LogP contribution in [0.1, 0.15) is 470 Å². The normalized spacial score (nSPS) is 12.4. The summed E-state index contributed by atoms with van der Waals surface area (Å²) >= 11 is 0. The molecule has 0 saturated heterocycles. The SMILES string of the molecule is CCCCCCCCCCCCCCCCCCC(O)C(CO)NC(=O)CCCCCCCCCCCCCCCCCCCCCCCCCCCCCCCCCCCCCCCOC(=O)CCCCCCCCCCCCCCCCC. The van der Waals surface area contributed by atoms with Crippen molar-refractivity contribution in [3.63, 3.8) is 0 Å². The first-order chi connectivity index (χ1) is 42.0. The Labute approximate surface area is 534 Å². The number of hydrogen-bond acceptors (Lipinski definition) is 5. The number of aliphatic hydroxyl groups excluding tert-OH is 2. The molecule has 6 heteroatoms. The van der Waals surface area contributed by atoms with E-state index < -0.39 is 12.1 Å². The molecule has 0 aliphatic rings. The van der Waals surface area contributed by atoms with E-state index in [2.05, 4.69) is 19.2 Å². The second-order valence-corrected chi connectivity index (χ2v) is 27.8. The summed E-state index contributed by atoms with van der Waals surface area (Å²) in [4.78, 5) is 24.6. The Morgan fingerprint density at radius 3 is 0.718 bits per heavy atom. The van der Waals surface area contributed by atoms with Gasteiger partial charge < -0.3 is 20.3 Å². The topological polar surface area (TPSA) is 95.9 Å². The van der Waals surface area contributed by atoms with Gasteiger partial charge in [0.05, 0.1) is 25.4 Å². The zero-order valence-electron chi connectivity index (χ0n) is 58.4. The number of carbonyl (C=O) groups excluding carboxylic acids is 2. The molecule has 0 saturated carbocycles. The maximum absolute atomic E-state index is 12.5. The van der Waals surface area contributed by atoms with Gasteiger partial charge in [0.2, 0.25) is 5.91 Å². The lowest BCUT2D eigenvalue weighted by Gasteiger charge is -2.22. The van der Waals surface area contributed by atoms with Crippen LogP contribution in [0.4, 0.5) is 0 Å². The van der Waals surface area contributed by atoms with Crippen LogP contribution in [-0.2, 0) is 14.3 Å². The van der Waals surface area contributed by atoms with Gasteiger partial charge in [0.1, 0.15) is 0 Å². The third-order valence-electron chi connectivity index (χ3n) is 19.2. The minimum absolute atomic E-state index is 0.0246. The van der Waals surface area contributed by atoms with E-state index in [0.717, 1.165) is 38.5 Å². The van der Waals surface area contributed by atoms with Gasteiger partial charge in [-0.25, -0.2) is 0 Å². The van der Waals surface area contributed by atoms with Gasteiger partial charge in [-0.3, -0.25) is 9.59 Å². The molecule has 0 rings (SSSR count). The average molecular weight is 1200 g/mol. The van der Waals surface area contributed by atoms with Crippen molar-refractivity contribution in [2.45, 2.75) is 482 Å². The van der Waals surface area contributed by atoms with Crippen molar-refractivity contribution < 1.29 is 24.5 Å². The van der Waals surface area contributed by atoms with Crippen LogP contribution in [0.15, 0.2) is 0 Å². The van der Waals surface area contributed by atoms with Crippen LogP contribution in [0.5, 0.6) is 0 Å². The summed E-state index contributed by atoms with van der Waals surface area (Å²) in [7, 11) is 0. The lowest BCUT2D eigenvalue weighted by atomic mass is 10.0. The minimum Gasteiger partial charge on any atom is -0.466 e. The molecule has 0 heterocycles.